The number of non-ortho nitro benzene ring substituents is 1. The van der Waals surface area contributed by atoms with Gasteiger partial charge in [0.2, 0.25) is 5.78 Å². The summed E-state index contributed by atoms with van der Waals surface area (Å²) in [5, 5.41) is 11.5. The average molecular weight is 286 g/mol. The van der Waals surface area contributed by atoms with Crippen LogP contribution in [-0.2, 0) is 0 Å². The van der Waals surface area contributed by atoms with Crippen molar-refractivity contribution in [3.05, 3.63) is 62.0 Å². The topological polar surface area (TPSA) is 76.0 Å². The van der Waals surface area contributed by atoms with Crippen LogP contribution in [0.5, 0.6) is 0 Å². The molecule has 3 aromatic rings. The fourth-order valence-corrected chi connectivity index (χ4v) is 2.99. The van der Waals surface area contributed by atoms with Crippen LogP contribution in [0.2, 0.25) is 0 Å². The molecule has 5 nitrogen and oxygen atoms in total. The SMILES string of the molecule is Cc1ccc(C(=O)c2c[nH]c3c([N+](=O)[O-])cccc23)s1. The molecule has 1 aromatic carbocycles. The number of nitrogens with zero attached hydrogens (tertiary/aromatic N) is 1. The van der Waals surface area contributed by atoms with Crippen molar-refractivity contribution in [2.24, 2.45) is 0 Å². The van der Waals surface area contributed by atoms with Gasteiger partial charge in [-0.2, -0.15) is 0 Å². The molecule has 0 bridgehead atoms. The summed E-state index contributed by atoms with van der Waals surface area (Å²) < 4.78 is 0. The summed E-state index contributed by atoms with van der Waals surface area (Å²) in [5.41, 5.74) is 0.823. The number of nitrogens with one attached hydrogen (secondary N) is 1. The number of nitro groups is 1. The first-order valence-corrected chi connectivity index (χ1v) is 6.75. The van der Waals surface area contributed by atoms with Gasteiger partial charge in [0.1, 0.15) is 5.52 Å². The lowest BCUT2D eigenvalue weighted by Gasteiger charge is -1.97. The number of carbonyl (C=O) groups is 1. The van der Waals surface area contributed by atoms with Gasteiger partial charge in [-0.15, -0.1) is 11.3 Å². The Labute approximate surface area is 118 Å². The highest BCUT2D eigenvalue weighted by Crippen LogP contribution is 2.29. The van der Waals surface area contributed by atoms with Gasteiger partial charge in [0.05, 0.1) is 9.80 Å². The van der Waals surface area contributed by atoms with Crippen LogP contribution < -0.4 is 0 Å². The summed E-state index contributed by atoms with van der Waals surface area (Å²) in [5.74, 6) is -0.116. The number of benzene rings is 1. The van der Waals surface area contributed by atoms with Crippen molar-refractivity contribution < 1.29 is 9.72 Å². The van der Waals surface area contributed by atoms with Crippen molar-refractivity contribution in [2.45, 2.75) is 6.92 Å². The molecule has 2 heterocycles. The third-order valence-corrected chi connectivity index (χ3v) is 4.10. The number of carbonyl (C=O) groups excluding carboxylic acids is 1. The fraction of sp³-hybridized carbons (Fsp3) is 0.0714. The summed E-state index contributed by atoms with van der Waals surface area (Å²) in [6, 6.07) is 8.38. The Hall–Kier alpha value is -2.47. The minimum absolute atomic E-state index is 0.0242. The van der Waals surface area contributed by atoms with Crippen LogP contribution in [-0.4, -0.2) is 15.7 Å². The van der Waals surface area contributed by atoms with Crippen LogP contribution in [0.3, 0.4) is 0 Å². The molecule has 3 rings (SSSR count). The van der Waals surface area contributed by atoms with E-state index < -0.39 is 4.92 Å². The Bertz CT molecular complexity index is 832. The van der Waals surface area contributed by atoms with Crippen molar-refractivity contribution in [3.8, 4) is 0 Å². The Morgan fingerprint density at radius 3 is 2.75 bits per heavy atom. The molecule has 0 spiro atoms. The number of para-hydroxylation sites is 1. The van der Waals surface area contributed by atoms with Crippen molar-refractivity contribution in [3.63, 3.8) is 0 Å². The van der Waals surface area contributed by atoms with E-state index in [0.717, 1.165) is 4.88 Å². The molecule has 6 heteroatoms. The lowest BCUT2D eigenvalue weighted by molar-refractivity contribution is -0.383. The molecule has 0 aliphatic carbocycles. The van der Waals surface area contributed by atoms with Gasteiger partial charge in [0, 0.05) is 28.1 Å². The number of ketones is 1. The number of rotatable bonds is 3. The Morgan fingerprint density at radius 2 is 2.10 bits per heavy atom. The molecule has 100 valence electrons. The van der Waals surface area contributed by atoms with E-state index in [4.69, 9.17) is 0 Å². The van der Waals surface area contributed by atoms with Gasteiger partial charge >= 0.3 is 0 Å². The summed E-state index contributed by atoms with van der Waals surface area (Å²) in [6.45, 7) is 1.93. The third kappa shape index (κ3) is 1.90. The Kier molecular flexibility index (Phi) is 2.87. The molecule has 0 saturated carbocycles. The molecular weight excluding hydrogens is 276 g/mol. The Morgan fingerprint density at radius 1 is 1.30 bits per heavy atom. The van der Waals surface area contributed by atoms with Crippen molar-refractivity contribution >= 4 is 33.7 Å². The molecule has 0 saturated heterocycles. The highest BCUT2D eigenvalue weighted by atomic mass is 32.1. The number of fused-ring (bicyclic) bond motifs is 1. The van der Waals surface area contributed by atoms with Crippen molar-refractivity contribution in [1.29, 1.82) is 0 Å². The van der Waals surface area contributed by atoms with Crippen LogP contribution in [0.4, 0.5) is 5.69 Å². The standard InChI is InChI=1S/C14H10N2O3S/c1-8-5-6-12(20-8)14(17)10-7-15-13-9(10)3-2-4-11(13)16(18)19/h2-7,15H,1H3. The van der Waals surface area contributed by atoms with Crippen LogP contribution in [0, 0.1) is 17.0 Å². The monoisotopic (exact) mass is 286 g/mol. The highest BCUT2D eigenvalue weighted by Gasteiger charge is 2.20. The average Bonchev–Trinajstić information content (AvgIpc) is 3.03. The Balaban J connectivity index is 2.16. The summed E-state index contributed by atoms with van der Waals surface area (Å²) in [4.78, 5) is 27.5. The van der Waals surface area contributed by atoms with Gasteiger partial charge in [-0.1, -0.05) is 12.1 Å². The van der Waals surface area contributed by atoms with Crippen molar-refractivity contribution in [1.82, 2.24) is 4.98 Å². The van der Waals surface area contributed by atoms with Crippen LogP contribution in [0.1, 0.15) is 20.1 Å². The maximum Gasteiger partial charge on any atom is 0.293 e. The van der Waals surface area contributed by atoms with Crippen LogP contribution >= 0.6 is 11.3 Å². The quantitative estimate of drug-likeness (QED) is 0.453. The minimum atomic E-state index is -0.456. The van der Waals surface area contributed by atoms with Crippen molar-refractivity contribution in [2.75, 3.05) is 0 Å². The first-order chi connectivity index (χ1) is 9.58. The fourth-order valence-electron chi connectivity index (χ4n) is 2.17. The number of hydrogen-bond donors (Lipinski definition) is 1. The number of thiophene rings is 1. The summed E-state index contributed by atoms with van der Waals surface area (Å²) in [7, 11) is 0. The second-order valence-corrected chi connectivity index (χ2v) is 5.69. The predicted octanol–water partition coefficient (Wildman–Crippen LogP) is 3.68. The molecule has 0 aliphatic heterocycles. The van der Waals surface area contributed by atoms with Gasteiger partial charge in [-0.05, 0) is 19.1 Å². The van der Waals surface area contributed by atoms with Gasteiger partial charge in [0.15, 0.2) is 0 Å². The maximum atomic E-state index is 12.4. The van der Waals surface area contributed by atoms with Gasteiger partial charge in [-0.25, -0.2) is 0 Å². The lowest BCUT2D eigenvalue weighted by atomic mass is 10.1. The van der Waals surface area contributed by atoms with E-state index in [-0.39, 0.29) is 11.5 Å². The lowest BCUT2D eigenvalue weighted by Crippen LogP contribution is -1.97. The largest absolute Gasteiger partial charge is 0.355 e. The second-order valence-electron chi connectivity index (χ2n) is 4.40. The summed E-state index contributed by atoms with van der Waals surface area (Å²) >= 11 is 1.42. The number of hydrogen-bond acceptors (Lipinski definition) is 4. The van der Waals surface area contributed by atoms with E-state index in [1.54, 1.807) is 18.2 Å². The van der Waals surface area contributed by atoms with Gasteiger partial charge < -0.3 is 4.98 Å². The third-order valence-electron chi connectivity index (χ3n) is 3.10. The van der Waals surface area contributed by atoms with Crippen LogP contribution in [0.15, 0.2) is 36.5 Å². The minimum Gasteiger partial charge on any atom is -0.355 e. The zero-order chi connectivity index (χ0) is 14.3. The highest BCUT2D eigenvalue weighted by molar-refractivity contribution is 7.14. The van der Waals surface area contributed by atoms with E-state index in [9.17, 15) is 14.9 Å². The predicted molar refractivity (Wildman–Crippen MR) is 77.4 cm³/mol. The van der Waals surface area contributed by atoms with E-state index in [0.29, 0.717) is 21.3 Å². The number of aromatic nitrogens is 1. The first kappa shape index (κ1) is 12.6. The smallest absolute Gasteiger partial charge is 0.293 e. The second kappa shape index (κ2) is 4.57. The maximum absolute atomic E-state index is 12.4. The molecule has 0 amide bonds. The first-order valence-electron chi connectivity index (χ1n) is 5.93. The van der Waals surface area contributed by atoms with Gasteiger partial charge in [-0.3, -0.25) is 14.9 Å². The molecule has 0 fully saturated rings. The molecule has 0 radical (unpaired) electrons. The molecular formula is C14H10N2O3S. The van der Waals surface area contributed by atoms with E-state index >= 15 is 0 Å². The molecule has 0 atom stereocenters. The van der Waals surface area contributed by atoms with E-state index in [1.807, 2.05) is 13.0 Å². The number of nitro benzene ring substituents is 1. The van der Waals surface area contributed by atoms with Gasteiger partial charge in [0.25, 0.3) is 5.69 Å². The molecule has 20 heavy (non-hydrogen) atoms. The number of H-pyrrole nitrogens is 1. The van der Waals surface area contributed by atoms with E-state index in [2.05, 4.69) is 4.98 Å². The zero-order valence-corrected chi connectivity index (χ0v) is 11.4. The number of aromatic amines is 1. The molecule has 1 N–H and O–H groups in total. The van der Waals surface area contributed by atoms with E-state index in [1.165, 1.54) is 23.6 Å². The molecule has 2 aromatic heterocycles. The number of aryl methyl sites for hydroxylation is 1. The molecule has 0 unspecified atom stereocenters. The molecule has 0 aliphatic rings. The normalized spacial score (nSPS) is 10.8. The van der Waals surface area contributed by atoms with Crippen LogP contribution in [0.25, 0.3) is 10.9 Å². The zero-order valence-electron chi connectivity index (χ0n) is 10.5. The summed E-state index contributed by atoms with van der Waals surface area (Å²) in [6.07, 6.45) is 1.54.